The Hall–Kier alpha value is -0.510. The highest BCUT2D eigenvalue weighted by molar-refractivity contribution is 7.99. The maximum absolute atomic E-state index is 11.7. The lowest BCUT2D eigenvalue weighted by molar-refractivity contribution is -0.160. The first-order valence-electron chi connectivity index (χ1n) is 5.97. The van der Waals surface area contributed by atoms with Crippen LogP contribution in [0, 0.1) is 11.8 Å². The number of Topliss-reactive ketones (excluding diaryl/α,β-unsaturated/α-hetero) is 1. The van der Waals surface area contributed by atoms with Crippen molar-refractivity contribution in [3.05, 3.63) is 0 Å². The van der Waals surface area contributed by atoms with E-state index < -0.39 is 17.5 Å². The zero-order chi connectivity index (χ0) is 13.6. The lowest BCUT2D eigenvalue weighted by Crippen LogP contribution is -2.32. The van der Waals surface area contributed by atoms with Gasteiger partial charge in [-0.2, -0.15) is 11.8 Å². The molecule has 0 spiro atoms. The van der Waals surface area contributed by atoms with E-state index >= 15 is 0 Å². The zero-order valence-corrected chi connectivity index (χ0v) is 12.5. The molecule has 100 valence electrons. The van der Waals surface area contributed by atoms with Gasteiger partial charge in [0.2, 0.25) is 0 Å². The third-order valence-corrected chi connectivity index (χ3v) is 3.33. The topological polar surface area (TPSA) is 43.4 Å². The molecule has 1 unspecified atom stereocenters. The average molecular weight is 260 g/mol. The molecule has 0 radical (unpaired) electrons. The Morgan fingerprint density at radius 3 is 2.12 bits per heavy atom. The van der Waals surface area contributed by atoms with Gasteiger partial charge in [-0.15, -0.1) is 0 Å². The molecular formula is C13H24O3S. The standard InChI is InChI=1S/C13H24O3S/c1-9(2)7-17-8-11(14)10(3)12(15)16-13(4,5)6/h9-10H,7-8H2,1-6H3. The minimum atomic E-state index is -0.658. The van der Waals surface area contributed by atoms with Crippen LogP contribution >= 0.6 is 11.8 Å². The van der Waals surface area contributed by atoms with Crippen molar-refractivity contribution in [2.24, 2.45) is 11.8 Å². The van der Waals surface area contributed by atoms with Gasteiger partial charge in [0, 0.05) is 0 Å². The second-order valence-corrected chi connectivity index (χ2v) is 6.66. The Kier molecular flexibility index (Phi) is 6.83. The van der Waals surface area contributed by atoms with E-state index in [9.17, 15) is 9.59 Å². The molecule has 0 aromatic heterocycles. The SMILES string of the molecule is CC(C)CSCC(=O)C(C)C(=O)OC(C)(C)C. The maximum Gasteiger partial charge on any atom is 0.316 e. The summed E-state index contributed by atoms with van der Waals surface area (Å²) in [6.45, 7) is 11.2. The molecule has 0 amide bonds. The number of carbonyl (C=O) groups is 2. The van der Waals surface area contributed by atoms with E-state index in [1.807, 2.05) is 0 Å². The van der Waals surface area contributed by atoms with Crippen LogP contribution in [0.4, 0.5) is 0 Å². The summed E-state index contributed by atoms with van der Waals surface area (Å²) in [4.78, 5) is 23.4. The highest BCUT2D eigenvalue weighted by atomic mass is 32.2. The lowest BCUT2D eigenvalue weighted by Gasteiger charge is -2.21. The predicted octanol–water partition coefficient (Wildman–Crippen LogP) is 2.92. The van der Waals surface area contributed by atoms with Gasteiger partial charge >= 0.3 is 5.97 Å². The third kappa shape index (κ3) is 8.25. The zero-order valence-electron chi connectivity index (χ0n) is 11.7. The molecule has 1 atom stereocenters. The van der Waals surface area contributed by atoms with E-state index in [2.05, 4.69) is 13.8 Å². The highest BCUT2D eigenvalue weighted by Crippen LogP contribution is 2.14. The fourth-order valence-corrected chi connectivity index (χ4v) is 2.08. The van der Waals surface area contributed by atoms with Gasteiger partial charge in [0.25, 0.3) is 0 Å². The molecule has 0 bridgehead atoms. The van der Waals surface area contributed by atoms with Gasteiger partial charge in [-0.3, -0.25) is 9.59 Å². The number of esters is 1. The Balaban J connectivity index is 4.08. The van der Waals surface area contributed by atoms with Gasteiger partial charge in [-0.25, -0.2) is 0 Å². The van der Waals surface area contributed by atoms with Crippen LogP contribution in [-0.2, 0) is 14.3 Å². The van der Waals surface area contributed by atoms with E-state index in [-0.39, 0.29) is 5.78 Å². The van der Waals surface area contributed by atoms with Crippen LogP contribution in [0.1, 0.15) is 41.5 Å². The summed E-state index contributed by atoms with van der Waals surface area (Å²) in [6.07, 6.45) is 0. The van der Waals surface area contributed by atoms with Crippen molar-refractivity contribution in [1.82, 2.24) is 0 Å². The number of thioether (sulfide) groups is 1. The van der Waals surface area contributed by atoms with Crippen molar-refractivity contribution < 1.29 is 14.3 Å². The van der Waals surface area contributed by atoms with Crippen molar-refractivity contribution in [1.29, 1.82) is 0 Å². The molecule has 0 aliphatic heterocycles. The van der Waals surface area contributed by atoms with E-state index in [4.69, 9.17) is 4.74 Å². The summed E-state index contributed by atoms with van der Waals surface area (Å²) in [5.74, 6) is 0.752. The molecule has 0 fully saturated rings. The fraction of sp³-hybridized carbons (Fsp3) is 0.846. The Morgan fingerprint density at radius 2 is 1.71 bits per heavy atom. The molecule has 3 nitrogen and oxygen atoms in total. The number of ether oxygens (including phenoxy) is 1. The second kappa shape index (κ2) is 7.04. The quantitative estimate of drug-likeness (QED) is 0.544. The monoisotopic (exact) mass is 260 g/mol. The predicted molar refractivity (Wildman–Crippen MR) is 72.2 cm³/mol. The van der Waals surface area contributed by atoms with Crippen LogP contribution in [0.25, 0.3) is 0 Å². The van der Waals surface area contributed by atoms with E-state index in [1.165, 1.54) is 0 Å². The molecule has 0 aromatic rings. The summed E-state index contributed by atoms with van der Waals surface area (Å²) in [6, 6.07) is 0. The minimum absolute atomic E-state index is 0.0510. The van der Waals surface area contributed by atoms with Crippen LogP contribution in [0.15, 0.2) is 0 Å². The van der Waals surface area contributed by atoms with Gasteiger partial charge in [0.1, 0.15) is 11.5 Å². The molecule has 0 aromatic carbocycles. The largest absolute Gasteiger partial charge is 0.459 e. The molecule has 0 saturated carbocycles. The van der Waals surface area contributed by atoms with Crippen molar-refractivity contribution >= 4 is 23.5 Å². The van der Waals surface area contributed by atoms with E-state index in [1.54, 1.807) is 39.5 Å². The lowest BCUT2D eigenvalue weighted by atomic mass is 10.1. The van der Waals surface area contributed by atoms with Crippen LogP contribution in [0.5, 0.6) is 0 Å². The van der Waals surface area contributed by atoms with Crippen molar-refractivity contribution in [3.63, 3.8) is 0 Å². The molecule has 0 aliphatic rings. The molecule has 0 rings (SSSR count). The van der Waals surface area contributed by atoms with Gasteiger partial charge in [0.15, 0.2) is 5.78 Å². The minimum Gasteiger partial charge on any atom is -0.459 e. The van der Waals surface area contributed by atoms with Gasteiger partial charge in [-0.1, -0.05) is 13.8 Å². The maximum atomic E-state index is 11.7. The average Bonchev–Trinajstić information content (AvgIpc) is 2.13. The smallest absolute Gasteiger partial charge is 0.316 e. The first kappa shape index (κ1) is 16.5. The van der Waals surface area contributed by atoms with Crippen molar-refractivity contribution in [3.8, 4) is 0 Å². The van der Waals surface area contributed by atoms with E-state index in [0.717, 1.165) is 5.75 Å². The fourth-order valence-electron chi connectivity index (χ4n) is 1.04. The van der Waals surface area contributed by atoms with Crippen molar-refractivity contribution in [2.45, 2.75) is 47.1 Å². The molecule has 0 N–H and O–H groups in total. The van der Waals surface area contributed by atoms with E-state index in [0.29, 0.717) is 11.7 Å². The van der Waals surface area contributed by atoms with Crippen LogP contribution in [0.2, 0.25) is 0 Å². The normalized spacial score (nSPS) is 13.6. The molecule has 0 aliphatic carbocycles. The number of hydrogen-bond donors (Lipinski definition) is 0. The van der Waals surface area contributed by atoms with Crippen LogP contribution < -0.4 is 0 Å². The van der Waals surface area contributed by atoms with Gasteiger partial charge in [0.05, 0.1) is 5.75 Å². The summed E-state index contributed by atoms with van der Waals surface area (Å²) in [5, 5.41) is 0. The molecule has 0 heterocycles. The Labute approximate surface area is 109 Å². The van der Waals surface area contributed by atoms with Crippen LogP contribution in [-0.4, -0.2) is 28.9 Å². The van der Waals surface area contributed by atoms with Gasteiger partial charge < -0.3 is 4.74 Å². The Bertz CT molecular complexity index is 266. The first-order chi connectivity index (χ1) is 7.63. The second-order valence-electron chi connectivity index (χ2n) is 5.63. The third-order valence-electron chi connectivity index (χ3n) is 1.94. The number of carbonyl (C=O) groups excluding carboxylic acids is 2. The summed E-state index contributed by atoms with van der Waals surface area (Å²) in [7, 11) is 0. The van der Waals surface area contributed by atoms with Crippen LogP contribution in [0.3, 0.4) is 0 Å². The van der Waals surface area contributed by atoms with Gasteiger partial charge in [-0.05, 0) is 39.4 Å². The highest BCUT2D eigenvalue weighted by Gasteiger charge is 2.26. The molecule has 17 heavy (non-hydrogen) atoms. The number of ketones is 1. The molecule has 4 heteroatoms. The molecular weight excluding hydrogens is 236 g/mol. The summed E-state index contributed by atoms with van der Waals surface area (Å²) < 4.78 is 5.18. The van der Waals surface area contributed by atoms with Crippen molar-refractivity contribution in [2.75, 3.05) is 11.5 Å². The number of rotatable bonds is 6. The Morgan fingerprint density at radius 1 is 1.18 bits per heavy atom. The molecule has 0 saturated heterocycles. The summed E-state index contributed by atoms with van der Waals surface area (Å²) >= 11 is 1.58. The number of hydrogen-bond acceptors (Lipinski definition) is 4. The summed E-state index contributed by atoms with van der Waals surface area (Å²) in [5.41, 5.74) is -0.531. The first-order valence-corrected chi connectivity index (χ1v) is 7.12.